The second-order valence-electron chi connectivity index (χ2n) is 7.29. The summed E-state index contributed by atoms with van der Waals surface area (Å²) >= 11 is 0. The Labute approximate surface area is 165 Å². The van der Waals surface area contributed by atoms with E-state index in [1.165, 1.54) is 16.0 Å². The Morgan fingerprint density at radius 3 is 2.46 bits per heavy atom. The van der Waals surface area contributed by atoms with E-state index in [2.05, 4.69) is 10.8 Å². The minimum absolute atomic E-state index is 0.114. The van der Waals surface area contributed by atoms with Gasteiger partial charge in [0.1, 0.15) is 0 Å². The van der Waals surface area contributed by atoms with Crippen LogP contribution in [0.3, 0.4) is 0 Å². The van der Waals surface area contributed by atoms with Gasteiger partial charge in [0.2, 0.25) is 10.0 Å². The Bertz CT molecular complexity index is 1170. The van der Waals surface area contributed by atoms with Crippen LogP contribution < -0.4 is 4.72 Å². The molecule has 0 aliphatic heterocycles. The number of benzene rings is 3. The molecular weight excluding hydrogens is 372 g/mol. The van der Waals surface area contributed by atoms with Crippen molar-refractivity contribution in [2.75, 3.05) is 14.1 Å². The molecule has 0 saturated carbocycles. The first kappa shape index (κ1) is 18.7. The van der Waals surface area contributed by atoms with E-state index in [0.29, 0.717) is 10.5 Å². The van der Waals surface area contributed by atoms with Crippen molar-refractivity contribution in [3.63, 3.8) is 0 Å². The van der Waals surface area contributed by atoms with Crippen LogP contribution in [-0.2, 0) is 29.4 Å². The summed E-state index contributed by atoms with van der Waals surface area (Å²) in [5.74, 6) is -0.114. The molecule has 1 N–H and O–H groups in total. The fourth-order valence-electron chi connectivity index (χ4n) is 3.78. The summed E-state index contributed by atoms with van der Waals surface area (Å²) in [6.45, 7) is 0.125. The lowest BCUT2D eigenvalue weighted by molar-refractivity contribution is 0.0827. The molecule has 3 aromatic rings. The van der Waals surface area contributed by atoms with E-state index in [-0.39, 0.29) is 12.5 Å². The molecule has 1 amide bonds. The van der Waals surface area contributed by atoms with Gasteiger partial charge in [0, 0.05) is 31.6 Å². The Morgan fingerprint density at radius 2 is 1.71 bits per heavy atom. The minimum Gasteiger partial charge on any atom is -0.345 e. The van der Waals surface area contributed by atoms with Gasteiger partial charge in [-0.25, -0.2) is 13.1 Å². The first-order valence-corrected chi connectivity index (χ1v) is 10.7. The normalized spacial score (nSPS) is 13.1. The summed E-state index contributed by atoms with van der Waals surface area (Å²) in [7, 11) is -0.310. The molecule has 0 heterocycles. The average molecular weight is 394 g/mol. The maximum absolute atomic E-state index is 13.0. The predicted molar refractivity (Wildman–Crippen MR) is 110 cm³/mol. The number of sulfonamides is 1. The van der Waals surface area contributed by atoms with Crippen molar-refractivity contribution in [3.8, 4) is 0 Å². The van der Waals surface area contributed by atoms with Gasteiger partial charge < -0.3 is 4.90 Å². The van der Waals surface area contributed by atoms with Gasteiger partial charge in [-0.2, -0.15) is 0 Å². The number of hydrogen-bond donors (Lipinski definition) is 1. The zero-order valence-electron chi connectivity index (χ0n) is 15.9. The molecule has 5 nitrogen and oxygen atoms in total. The third-order valence-corrected chi connectivity index (χ3v) is 6.63. The van der Waals surface area contributed by atoms with E-state index >= 15 is 0 Å². The zero-order valence-corrected chi connectivity index (χ0v) is 16.7. The molecule has 1 aliphatic rings. The molecule has 6 heteroatoms. The molecule has 0 radical (unpaired) electrons. The number of nitrogens with zero attached hydrogens (tertiary/aromatic N) is 1. The van der Waals surface area contributed by atoms with Gasteiger partial charge in [-0.1, -0.05) is 36.4 Å². The highest BCUT2D eigenvalue weighted by atomic mass is 32.2. The standard InChI is InChI=1S/C22H22N2O3S/c1-24(2)22(25)18-7-3-5-15(13-18)14-23-28(26,27)20-12-11-17-10-9-16-6-4-8-19(20)21(16)17/h3-8,11-13,23H,9-10,14H2,1-2H3. The molecule has 28 heavy (non-hydrogen) atoms. The lowest BCUT2D eigenvalue weighted by Crippen LogP contribution is -2.24. The van der Waals surface area contributed by atoms with Crippen LogP contribution in [0.1, 0.15) is 27.0 Å². The predicted octanol–water partition coefficient (Wildman–Crippen LogP) is 3.12. The number of aryl methyl sites for hydroxylation is 2. The Hall–Kier alpha value is -2.70. The van der Waals surface area contributed by atoms with Crippen molar-refractivity contribution < 1.29 is 13.2 Å². The van der Waals surface area contributed by atoms with Crippen LogP contribution in [0, 0.1) is 0 Å². The number of amides is 1. The van der Waals surface area contributed by atoms with E-state index in [0.717, 1.165) is 29.2 Å². The molecule has 3 aromatic carbocycles. The van der Waals surface area contributed by atoms with Crippen LogP contribution in [0.25, 0.3) is 10.8 Å². The topological polar surface area (TPSA) is 66.5 Å². The van der Waals surface area contributed by atoms with E-state index in [1.807, 2.05) is 24.3 Å². The number of nitrogens with one attached hydrogen (secondary N) is 1. The molecular formula is C22H22N2O3S. The van der Waals surface area contributed by atoms with E-state index in [1.54, 1.807) is 38.4 Å². The summed E-state index contributed by atoms with van der Waals surface area (Å²) in [6.07, 6.45) is 1.91. The van der Waals surface area contributed by atoms with Gasteiger partial charge in [0.15, 0.2) is 0 Å². The Morgan fingerprint density at radius 1 is 1.00 bits per heavy atom. The largest absolute Gasteiger partial charge is 0.345 e. The van der Waals surface area contributed by atoms with Crippen molar-refractivity contribution in [2.24, 2.45) is 0 Å². The highest BCUT2D eigenvalue weighted by Gasteiger charge is 2.22. The van der Waals surface area contributed by atoms with Crippen molar-refractivity contribution in [2.45, 2.75) is 24.3 Å². The monoisotopic (exact) mass is 394 g/mol. The summed E-state index contributed by atoms with van der Waals surface area (Å²) < 4.78 is 28.7. The van der Waals surface area contributed by atoms with Crippen molar-refractivity contribution in [3.05, 3.63) is 76.9 Å². The smallest absolute Gasteiger partial charge is 0.253 e. The van der Waals surface area contributed by atoms with Crippen LogP contribution in [0.15, 0.2) is 59.5 Å². The van der Waals surface area contributed by atoms with Crippen LogP contribution in [0.5, 0.6) is 0 Å². The third kappa shape index (κ3) is 3.30. The summed E-state index contributed by atoms with van der Waals surface area (Å²) in [5.41, 5.74) is 3.69. The molecule has 0 fully saturated rings. The van der Waals surface area contributed by atoms with E-state index in [9.17, 15) is 13.2 Å². The number of carbonyl (C=O) groups excluding carboxylic acids is 1. The van der Waals surface area contributed by atoms with Crippen LogP contribution in [-0.4, -0.2) is 33.3 Å². The van der Waals surface area contributed by atoms with Crippen LogP contribution in [0.4, 0.5) is 0 Å². The lowest BCUT2D eigenvalue weighted by Gasteiger charge is -2.13. The fourth-order valence-corrected chi connectivity index (χ4v) is 5.00. The maximum Gasteiger partial charge on any atom is 0.253 e. The van der Waals surface area contributed by atoms with Gasteiger partial charge in [-0.3, -0.25) is 4.79 Å². The first-order chi connectivity index (χ1) is 13.4. The molecule has 0 bridgehead atoms. The lowest BCUT2D eigenvalue weighted by atomic mass is 10.1. The molecule has 0 spiro atoms. The second kappa shape index (κ2) is 7.04. The summed E-state index contributed by atoms with van der Waals surface area (Å²) in [5, 5.41) is 1.85. The van der Waals surface area contributed by atoms with Crippen molar-refractivity contribution in [1.29, 1.82) is 0 Å². The molecule has 0 atom stereocenters. The number of rotatable bonds is 5. The Balaban J connectivity index is 1.62. The fraction of sp³-hybridized carbons (Fsp3) is 0.227. The van der Waals surface area contributed by atoms with Gasteiger partial charge >= 0.3 is 0 Å². The van der Waals surface area contributed by atoms with Gasteiger partial charge in [0.05, 0.1) is 4.90 Å². The van der Waals surface area contributed by atoms with Gasteiger partial charge in [0.25, 0.3) is 5.91 Å². The third-order valence-electron chi connectivity index (χ3n) is 5.17. The molecule has 0 aromatic heterocycles. The highest BCUT2D eigenvalue weighted by molar-refractivity contribution is 7.89. The second-order valence-corrected chi connectivity index (χ2v) is 9.02. The molecule has 1 aliphatic carbocycles. The average Bonchev–Trinajstić information content (AvgIpc) is 3.11. The summed E-state index contributed by atoms with van der Waals surface area (Å²) in [6, 6.07) is 16.5. The van der Waals surface area contributed by atoms with E-state index < -0.39 is 10.0 Å². The van der Waals surface area contributed by atoms with Crippen LogP contribution >= 0.6 is 0 Å². The molecule has 4 rings (SSSR count). The maximum atomic E-state index is 13.0. The SMILES string of the molecule is CN(C)C(=O)c1cccc(CNS(=O)(=O)c2ccc3c4c(cccc24)CC3)c1. The quantitative estimate of drug-likeness (QED) is 0.723. The number of carbonyl (C=O) groups is 1. The molecule has 144 valence electrons. The Kier molecular flexibility index (Phi) is 4.69. The number of hydrogen-bond acceptors (Lipinski definition) is 3. The molecule has 0 unspecified atom stereocenters. The van der Waals surface area contributed by atoms with Gasteiger partial charge in [-0.05, 0) is 53.1 Å². The summed E-state index contributed by atoms with van der Waals surface area (Å²) in [4.78, 5) is 13.9. The highest BCUT2D eigenvalue weighted by Crippen LogP contribution is 2.34. The first-order valence-electron chi connectivity index (χ1n) is 9.20. The zero-order chi connectivity index (χ0) is 19.9. The van der Waals surface area contributed by atoms with Gasteiger partial charge in [-0.15, -0.1) is 0 Å². The van der Waals surface area contributed by atoms with Crippen LogP contribution in [0.2, 0.25) is 0 Å². The van der Waals surface area contributed by atoms with Crippen molar-refractivity contribution >= 4 is 26.7 Å². The minimum atomic E-state index is -3.69. The van der Waals surface area contributed by atoms with Crippen molar-refractivity contribution in [1.82, 2.24) is 9.62 Å². The molecule has 0 saturated heterocycles. The van der Waals surface area contributed by atoms with E-state index in [4.69, 9.17) is 0 Å².